The van der Waals surface area contributed by atoms with Gasteiger partial charge in [0.25, 0.3) is 5.56 Å². The van der Waals surface area contributed by atoms with Gasteiger partial charge in [0.05, 0.1) is 29.6 Å². The molecule has 7 heteroatoms. The maximum Gasteiger partial charge on any atom is 0.282 e. The first-order valence-electron chi connectivity index (χ1n) is 10.8. The fourth-order valence-electron chi connectivity index (χ4n) is 4.29. The predicted octanol–water partition coefficient (Wildman–Crippen LogP) is 5.49. The van der Waals surface area contributed by atoms with E-state index in [9.17, 15) is 4.79 Å². The second-order valence-electron chi connectivity index (χ2n) is 8.01. The summed E-state index contributed by atoms with van der Waals surface area (Å²) in [5.41, 5.74) is 3.82. The molecule has 3 aromatic heterocycles. The van der Waals surface area contributed by atoms with Crippen molar-refractivity contribution >= 4 is 39.0 Å². The highest BCUT2D eigenvalue weighted by Gasteiger charge is 2.18. The smallest absolute Gasteiger partial charge is 0.282 e. The average molecular weight is 448 g/mol. The molecule has 34 heavy (non-hydrogen) atoms. The van der Waals surface area contributed by atoms with E-state index >= 15 is 0 Å². The van der Waals surface area contributed by atoms with E-state index in [4.69, 9.17) is 14.1 Å². The highest BCUT2D eigenvalue weighted by atomic mass is 16.5. The summed E-state index contributed by atoms with van der Waals surface area (Å²) in [6.07, 6.45) is 1.69. The van der Waals surface area contributed by atoms with Gasteiger partial charge in [-0.05, 0) is 43.3 Å². The van der Waals surface area contributed by atoms with Crippen molar-refractivity contribution in [1.29, 1.82) is 0 Å². The first kappa shape index (κ1) is 20.0. The molecule has 0 fully saturated rings. The normalized spacial score (nSPS) is 11.8. The molecule has 0 saturated carbocycles. The van der Waals surface area contributed by atoms with E-state index in [0.29, 0.717) is 33.8 Å². The third kappa shape index (κ3) is 3.09. The van der Waals surface area contributed by atoms with Gasteiger partial charge in [0.2, 0.25) is 5.82 Å². The molecule has 3 heterocycles. The number of hydrogen-bond donors (Lipinski definition) is 1. The van der Waals surface area contributed by atoms with E-state index < -0.39 is 0 Å². The number of aromatic amines is 1. The van der Waals surface area contributed by atoms with Crippen molar-refractivity contribution in [2.24, 2.45) is 5.10 Å². The van der Waals surface area contributed by atoms with E-state index in [1.54, 1.807) is 25.5 Å². The number of aromatic nitrogens is 3. The van der Waals surface area contributed by atoms with Crippen LogP contribution in [-0.2, 0) is 0 Å². The van der Waals surface area contributed by atoms with Crippen LogP contribution in [0.3, 0.4) is 0 Å². The van der Waals surface area contributed by atoms with Gasteiger partial charge in [0.1, 0.15) is 11.3 Å². The average Bonchev–Trinajstić information content (AvgIpc) is 3.44. The molecule has 0 aliphatic rings. The number of nitrogens with one attached hydrogen (secondary N) is 1. The lowest BCUT2D eigenvalue weighted by molar-refractivity contribution is 0.419. The van der Waals surface area contributed by atoms with Crippen LogP contribution < -0.4 is 10.3 Å². The lowest BCUT2D eigenvalue weighted by Crippen LogP contribution is -2.20. The van der Waals surface area contributed by atoms with E-state index in [-0.39, 0.29) is 5.56 Å². The topological polar surface area (TPSA) is 85.4 Å². The molecule has 0 bridgehead atoms. The number of fused-ring (bicyclic) bond motifs is 3. The van der Waals surface area contributed by atoms with Gasteiger partial charge in [-0.2, -0.15) is 9.78 Å². The van der Waals surface area contributed by atoms with Crippen LogP contribution in [0.1, 0.15) is 11.3 Å². The van der Waals surface area contributed by atoms with E-state index in [2.05, 4.69) is 10.1 Å². The minimum Gasteiger partial charge on any atom is -0.496 e. The Morgan fingerprint density at radius 1 is 1.00 bits per heavy atom. The summed E-state index contributed by atoms with van der Waals surface area (Å²) in [5.74, 6) is 1.42. The number of hydrogen-bond acceptors (Lipinski definition) is 5. The number of benzene rings is 3. The van der Waals surface area contributed by atoms with Crippen LogP contribution in [-0.4, -0.2) is 28.0 Å². The van der Waals surface area contributed by atoms with Gasteiger partial charge >= 0.3 is 0 Å². The highest BCUT2D eigenvalue weighted by Crippen LogP contribution is 2.33. The van der Waals surface area contributed by atoms with Crippen molar-refractivity contribution < 1.29 is 9.15 Å². The molecule has 0 unspecified atom stereocenters. The zero-order valence-corrected chi connectivity index (χ0v) is 18.6. The van der Waals surface area contributed by atoms with Gasteiger partial charge in [-0.25, -0.2) is 4.98 Å². The fourth-order valence-corrected chi connectivity index (χ4v) is 4.29. The van der Waals surface area contributed by atoms with Gasteiger partial charge in [-0.1, -0.05) is 36.4 Å². The number of para-hydroxylation sites is 2. The molecular formula is C27H20N4O3. The van der Waals surface area contributed by atoms with Gasteiger partial charge in [0, 0.05) is 22.2 Å². The zero-order valence-electron chi connectivity index (χ0n) is 18.6. The summed E-state index contributed by atoms with van der Waals surface area (Å²) >= 11 is 0. The molecule has 0 spiro atoms. The van der Waals surface area contributed by atoms with Crippen LogP contribution in [0.2, 0.25) is 0 Å². The van der Waals surface area contributed by atoms with Gasteiger partial charge in [-0.3, -0.25) is 4.79 Å². The molecule has 0 aliphatic carbocycles. The van der Waals surface area contributed by atoms with Crippen molar-refractivity contribution in [1.82, 2.24) is 14.6 Å². The first-order chi connectivity index (χ1) is 16.6. The lowest BCUT2D eigenvalue weighted by atomic mass is 10.1. The summed E-state index contributed by atoms with van der Waals surface area (Å²) < 4.78 is 12.9. The Labute approximate surface area is 193 Å². The molecule has 6 rings (SSSR count). The minimum atomic E-state index is -0.276. The van der Waals surface area contributed by atoms with Crippen LogP contribution in [0.15, 0.2) is 87.1 Å². The molecule has 0 saturated heterocycles. The molecule has 0 aliphatic heterocycles. The van der Waals surface area contributed by atoms with Crippen LogP contribution in [0.25, 0.3) is 44.4 Å². The fraction of sp³-hybridized carbons (Fsp3) is 0.0741. The maximum atomic E-state index is 13.5. The SMILES string of the molecule is COc1cccc2oc(-c3nc4ccccc4c(=O)n3N=Cc3c(C)[nH]c4ccccc34)cc12. The molecule has 1 N–H and O–H groups in total. The third-order valence-corrected chi connectivity index (χ3v) is 5.96. The summed E-state index contributed by atoms with van der Waals surface area (Å²) in [5, 5.41) is 6.91. The lowest BCUT2D eigenvalue weighted by Gasteiger charge is -2.07. The Morgan fingerprint density at radius 2 is 1.79 bits per heavy atom. The maximum absolute atomic E-state index is 13.5. The number of furan rings is 1. The van der Waals surface area contributed by atoms with Gasteiger partial charge in [-0.15, -0.1) is 0 Å². The molecule has 7 nitrogen and oxygen atoms in total. The second-order valence-corrected chi connectivity index (χ2v) is 8.01. The molecular weight excluding hydrogens is 428 g/mol. The van der Waals surface area contributed by atoms with Crippen molar-refractivity contribution in [3.8, 4) is 17.3 Å². The first-order valence-corrected chi connectivity index (χ1v) is 10.8. The predicted molar refractivity (Wildman–Crippen MR) is 134 cm³/mol. The molecule has 0 radical (unpaired) electrons. The largest absolute Gasteiger partial charge is 0.496 e. The molecule has 166 valence electrons. The van der Waals surface area contributed by atoms with Crippen LogP contribution in [0, 0.1) is 6.92 Å². The standard InChI is InChI=1S/C27H20N4O3/c1-16-20(17-8-3-5-10-21(17)29-16)15-28-31-26(30-22-11-6-4-9-18(22)27(31)32)25-14-19-23(33-2)12-7-13-24(19)34-25/h3-15,29H,1-2H3. The molecule has 0 atom stereocenters. The zero-order chi connectivity index (χ0) is 23.2. The summed E-state index contributed by atoms with van der Waals surface area (Å²) in [6.45, 7) is 1.98. The number of aryl methyl sites for hydroxylation is 1. The molecule has 3 aromatic carbocycles. The number of nitrogens with zero attached hydrogens (tertiary/aromatic N) is 3. The van der Waals surface area contributed by atoms with Crippen molar-refractivity contribution in [3.63, 3.8) is 0 Å². The number of ether oxygens (including phenoxy) is 1. The summed E-state index contributed by atoms with van der Waals surface area (Å²) in [4.78, 5) is 21.6. The van der Waals surface area contributed by atoms with Crippen LogP contribution >= 0.6 is 0 Å². The van der Waals surface area contributed by atoms with Crippen LogP contribution in [0.5, 0.6) is 5.75 Å². The third-order valence-electron chi connectivity index (χ3n) is 5.96. The van der Waals surface area contributed by atoms with Crippen molar-refractivity contribution in [3.05, 3.63) is 94.4 Å². The minimum absolute atomic E-state index is 0.276. The van der Waals surface area contributed by atoms with Crippen LogP contribution in [0.4, 0.5) is 0 Å². The number of rotatable bonds is 4. The Balaban J connectivity index is 1.60. The number of methoxy groups -OCH3 is 1. The van der Waals surface area contributed by atoms with Gasteiger partial charge in [0.15, 0.2) is 5.76 Å². The monoisotopic (exact) mass is 448 g/mol. The Morgan fingerprint density at radius 3 is 2.65 bits per heavy atom. The van der Waals surface area contributed by atoms with E-state index in [0.717, 1.165) is 27.5 Å². The van der Waals surface area contributed by atoms with E-state index in [1.807, 2.05) is 67.6 Å². The summed E-state index contributed by atoms with van der Waals surface area (Å²) in [7, 11) is 1.61. The van der Waals surface area contributed by atoms with Crippen molar-refractivity contribution in [2.75, 3.05) is 7.11 Å². The van der Waals surface area contributed by atoms with Crippen molar-refractivity contribution in [2.45, 2.75) is 6.92 Å². The second kappa shape index (κ2) is 7.74. The Bertz CT molecular complexity index is 1790. The Kier molecular flexibility index (Phi) is 4.55. The number of H-pyrrole nitrogens is 1. The molecule has 6 aromatic rings. The van der Waals surface area contributed by atoms with E-state index in [1.165, 1.54) is 4.68 Å². The Hall–Kier alpha value is -4.65. The molecule has 0 amide bonds. The summed E-state index contributed by atoms with van der Waals surface area (Å²) in [6, 6.07) is 22.6. The quantitative estimate of drug-likeness (QED) is 0.361. The highest BCUT2D eigenvalue weighted by molar-refractivity contribution is 6.00. The van der Waals surface area contributed by atoms with Gasteiger partial charge < -0.3 is 14.1 Å².